The summed E-state index contributed by atoms with van der Waals surface area (Å²) in [5.41, 5.74) is 2.13. The molecule has 7 nitrogen and oxygen atoms in total. The van der Waals surface area contributed by atoms with Gasteiger partial charge in [-0.25, -0.2) is 8.42 Å². The van der Waals surface area contributed by atoms with Crippen molar-refractivity contribution >= 4 is 26.6 Å². The van der Waals surface area contributed by atoms with Crippen molar-refractivity contribution in [1.82, 2.24) is 15.3 Å². The molecule has 2 aromatic heterocycles. The SMILES string of the molecule is O=C(NCc1ccc(S(=O)(=O)C2CCOC2)cc1)c1cc2cnccc2[nH]1. The molecule has 1 unspecified atom stereocenters. The van der Waals surface area contributed by atoms with Crippen molar-refractivity contribution in [2.75, 3.05) is 13.2 Å². The molecular formula is C19H19N3O4S. The van der Waals surface area contributed by atoms with Gasteiger partial charge >= 0.3 is 0 Å². The van der Waals surface area contributed by atoms with Gasteiger partial charge < -0.3 is 15.0 Å². The summed E-state index contributed by atoms with van der Waals surface area (Å²) in [6, 6.07) is 10.2. The summed E-state index contributed by atoms with van der Waals surface area (Å²) >= 11 is 0. The van der Waals surface area contributed by atoms with Crippen LogP contribution in [-0.4, -0.2) is 42.8 Å². The summed E-state index contributed by atoms with van der Waals surface area (Å²) in [7, 11) is -3.37. The first-order chi connectivity index (χ1) is 13.0. The molecule has 3 heterocycles. The molecule has 1 aromatic carbocycles. The fourth-order valence-corrected chi connectivity index (χ4v) is 4.70. The number of rotatable bonds is 5. The molecule has 1 aliphatic heterocycles. The van der Waals surface area contributed by atoms with E-state index in [1.807, 2.05) is 0 Å². The summed E-state index contributed by atoms with van der Waals surface area (Å²) < 4.78 is 30.2. The van der Waals surface area contributed by atoms with Crippen molar-refractivity contribution in [3.8, 4) is 0 Å². The molecule has 1 amide bonds. The lowest BCUT2D eigenvalue weighted by Crippen LogP contribution is -2.23. The lowest BCUT2D eigenvalue weighted by Gasteiger charge is -2.10. The Kier molecular flexibility index (Phi) is 4.67. The minimum atomic E-state index is -3.37. The van der Waals surface area contributed by atoms with Crippen molar-refractivity contribution in [3.63, 3.8) is 0 Å². The van der Waals surface area contributed by atoms with Crippen molar-refractivity contribution in [1.29, 1.82) is 0 Å². The molecule has 1 saturated heterocycles. The summed E-state index contributed by atoms with van der Waals surface area (Å²) in [6.45, 7) is 1.04. The maximum atomic E-state index is 12.5. The van der Waals surface area contributed by atoms with Crippen molar-refractivity contribution in [3.05, 3.63) is 60.0 Å². The Bertz CT molecular complexity index is 1030. The quantitative estimate of drug-likeness (QED) is 0.700. The molecule has 0 spiro atoms. The van der Waals surface area contributed by atoms with Crippen LogP contribution in [0.3, 0.4) is 0 Å². The average molecular weight is 385 g/mol. The lowest BCUT2D eigenvalue weighted by molar-refractivity contribution is 0.0946. The summed E-state index contributed by atoms with van der Waals surface area (Å²) in [5.74, 6) is -0.231. The molecule has 0 saturated carbocycles. The van der Waals surface area contributed by atoms with Crippen molar-refractivity contribution in [2.24, 2.45) is 0 Å². The van der Waals surface area contributed by atoms with Gasteiger partial charge in [-0.05, 0) is 36.2 Å². The van der Waals surface area contributed by atoms with E-state index in [1.165, 1.54) is 0 Å². The van der Waals surface area contributed by atoms with Crippen LogP contribution in [0.2, 0.25) is 0 Å². The second kappa shape index (κ2) is 7.13. The van der Waals surface area contributed by atoms with E-state index in [9.17, 15) is 13.2 Å². The number of sulfone groups is 1. The second-order valence-corrected chi connectivity index (χ2v) is 8.73. The van der Waals surface area contributed by atoms with E-state index in [-0.39, 0.29) is 17.4 Å². The van der Waals surface area contributed by atoms with Gasteiger partial charge in [0.1, 0.15) is 5.69 Å². The van der Waals surface area contributed by atoms with E-state index in [2.05, 4.69) is 15.3 Å². The first-order valence-electron chi connectivity index (χ1n) is 8.65. The van der Waals surface area contributed by atoms with Gasteiger partial charge in [0.15, 0.2) is 9.84 Å². The van der Waals surface area contributed by atoms with Crippen LogP contribution in [0.15, 0.2) is 53.7 Å². The van der Waals surface area contributed by atoms with Crippen molar-refractivity contribution < 1.29 is 17.9 Å². The minimum absolute atomic E-state index is 0.231. The van der Waals surface area contributed by atoms with Gasteiger partial charge in [-0.15, -0.1) is 0 Å². The fraction of sp³-hybridized carbons (Fsp3) is 0.263. The first kappa shape index (κ1) is 17.7. The predicted molar refractivity (Wildman–Crippen MR) is 100 cm³/mol. The van der Waals surface area contributed by atoms with E-state index < -0.39 is 15.1 Å². The van der Waals surface area contributed by atoms with E-state index in [0.717, 1.165) is 16.5 Å². The molecule has 3 aromatic rings. The molecule has 0 aliphatic carbocycles. The number of nitrogens with zero attached hydrogens (tertiary/aromatic N) is 1. The van der Waals surface area contributed by atoms with E-state index in [1.54, 1.807) is 48.8 Å². The molecule has 2 N–H and O–H groups in total. The number of carbonyl (C=O) groups is 1. The highest BCUT2D eigenvalue weighted by molar-refractivity contribution is 7.92. The van der Waals surface area contributed by atoms with Gasteiger partial charge in [0, 0.05) is 36.4 Å². The number of pyridine rings is 1. The highest BCUT2D eigenvalue weighted by atomic mass is 32.2. The van der Waals surface area contributed by atoms with Crippen LogP contribution in [0.4, 0.5) is 0 Å². The minimum Gasteiger partial charge on any atom is -0.380 e. The largest absolute Gasteiger partial charge is 0.380 e. The number of carbonyl (C=O) groups excluding carboxylic acids is 1. The van der Waals surface area contributed by atoms with Gasteiger partial charge in [-0.3, -0.25) is 9.78 Å². The van der Waals surface area contributed by atoms with Crippen LogP contribution in [0.1, 0.15) is 22.5 Å². The Labute approximate surface area is 156 Å². The molecule has 140 valence electrons. The van der Waals surface area contributed by atoms with Gasteiger partial charge in [0.05, 0.1) is 16.8 Å². The standard InChI is InChI=1S/C19H19N3O4S/c23-19(18-9-14-11-20-7-5-17(14)22-18)21-10-13-1-3-15(4-2-13)27(24,25)16-6-8-26-12-16/h1-5,7,9,11,16,22H,6,8,10,12H2,(H,21,23). The van der Waals surface area contributed by atoms with Crippen molar-refractivity contribution in [2.45, 2.75) is 23.1 Å². The molecule has 4 rings (SSSR count). The van der Waals surface area contributed by atoms with E-state index >= 15 is 0 Å². The first-order valence-corrected chi connectivity index (χ1v) is 10.2. The monoisotopic (exact) mass is 385 g/mol. The normalized spacial score (nSPS) is 17.3. The molecular weight excluding hydrogens is 366 g/mol. The summed E-state index contributed by atoms with van der Waals surface area (Å²) in [4.78, 5) is 19.7. The van der Waals surface area contributed by atoms with Crippen LogP contribution in [-0.2, 0) is 21.1 Å². The zero-order chi connectivity index (χ0) is 18.9. The van der Waals surface area contributed by atoms with Gasteiger partial charge in [0.25, 0.3) is 5.91 Å². The Morgan fingerprint density at radius 3 is 2.78 bits per heavy atom. The van der Waals surface area contributed by atoms with Crippen LogP contribution < -0.4 is 5.32 Å². The summed E-state index contributed by atoms with van der Waals surface area (Å²) in [5, 5.41) is 3.23. The Morgan fingerprint density at radius 2 is 2.07 bits per heavy atom. The maximum absolute atomic E-state index is 12.5. The second-order valence-electron chi connectivity index (χ2n) is 6.50. The number of hydrogen-bond acceptors (Lipinski definition) is 5. The highest BCUT2D eigenvalue weighted by Crippen LogP contribution is 2.22. The third kappa shape index (κ3) is 3.58. The topological polar surface area (TPSA) is 101 Å². The highest BCUT2D eigenvalue weighted by Gasteiger charge is 2.30. The number of amides is 1. The average Bonchev–Trinajstić information content (AvgIpc) is 3.36. The molecule has 1 fully saturated rings. The van der Waals surface area contributed by atoms with Gasteiger partial charge in [0.2, 0.25) is 0 Å². The fourth-order valence-electron chi connectivity index (χ4n) is 3.12. The lowest BCUT2D eigenvalue weighted by atomic mass is 10.2. The third-order valence-electron chi connectivity index (χ3n) is 4.70. The van der Waals surface area contributed by atoms with Crippen LogP contribution >= 0.6 is 0 Å². The van der Waals surface area contributed by atoms with Crippen LogP contribution in [0.5, 0.6) is 0 Å². The summed E-state index contributed by atoms with van der Waals surface area (Å²) in [6.07, 6.45) is 3.88. The molecule has 1 aliphatic rings. The Morgan fingerprint density at radius 1 is 1.26 bits per heavy atom. The van der Waals surface area contributed by atoms with E-state index in [4.69, 9.17) is 4.74 Å². The number of H-pyrrole nitrogens is 1. The van der Waals surface area contributed by atoms with Crippen LogP contribution in [0, 0.1) is 0 Å². The predicted octanol–water partition coefficient (Wildman–Crippen LogP) is 2.06. The Hall–Kier alpha value is -2.71. The number of ether oxygens (including phenoxy) is 1. The Balaban J connectivity index is 1.42. The molecule has 1 atom stereocenters. The molecule has 0 bridgehead atoms. The number of nitrogens with one attached hydrogen (secondary N) is 2. The maximum Gasteiger partial charge on any atom is 0.267 e. The third-order valence-corrected chi connectivity index (χ3v) is 6.88. The zero-order valence-electron chi connectivity index (χ0n) is 14.5. The zero-order valence-corrected chi connectivity index (χ0v) is 15.3. The molecule has 0 radical (unpaired) electrons. The number of aromatic nitrogens is 2. The van der Waals surface area contributed by atoms with Gasteiger partial charge in [-0.1, -0.05) is 12.1 Å². The number of aromatic amines is 1. The number of benzene rings is 1. The van der Waals surface area contributed by atoms with Crippen LogP contribution in [0.25, 0.3) is 10.9 Å². The van der Waals surface area contributed by atoms with E-state index in [0.29, 0.717) is 25.3 Å². The van der Waals surface area contributed by atoms with Gasteiger partial charge in [-0.2, -0.15) is 0 Å². The molecule has 8 heteroatoms. The molecule has 27 heavy (non-hydrogen) atoms. The smallest absolute Gasteiger partial charge is 0.267 e. The number of fused-ring (bicyclic) bond motifs is 1. The number of hydrogen-bond donors (Lipinski definition) is 2.